The molecule has 16 N–H and O–H groups in total. The monoisotopic (exact) mass is 1570 g/mol. The normalized spacial score (nSPS) is 26.6. The highest BCUT2D eigenvalue weighted by molar-refractivity contribution is 8.77. The second-order valence-electron chi connectivity index (χ2n) is 24.0. The smallest absolute Gasteiger partial charge is 0.390 e. The molecule has 102 heavy (non-hydrogen) atoms. The van der Waals surface area contributed by atoms with Gasteiger partial charge in [-0.2, -0.15) is 0 Å². The summed E-state index contributed by atoms with van der Waals surface area (Å²) < 4.78 is 68.8. The molecule has 4 aromatic rings. The van der Waals surface area contributed by atoms with Gasteiger partial charge in [0.1, 0.15) is 87.9 Å². The van der Waals surface area contributed by atoms with Gasteiger partial charge in [-0.25, -0.2) is 48.5 Å². The van der Waals surface area contributed by atoms with Crippen molar-refractivity contribution >= 4 is 104 Å². The molecule has 0 saturated carbocycles. The van der Waals surface area contributed by atoms with Crippen LogP contribution in [0.2, 0.25) is 0 Å². The number of benzene rings is 3. The van der Waals surface area contributed by atoms with Gasteiger partial charge in [0, 0.05) is 48.7 Å². The maximum absolute atomic E-state index is 13.7. The summed E-state index contributed by atoms with van der Waals surface area (Å²) in [6.45, 7) is 17.9. The minimum Gasteiger partial charge on any atom is -0.390 e. The van der Waals surface area contributed by atoms with Crippen molar-refractivity contribution in [1.29, 1.82) is 0 Å². The number of thioether (sulfide) groups is 3. The third-order valence-corrected chi connectivity index (χ3v) is 27.3. The van der Waals surface area contributed by atoms with Gasteiger partial charge in [-0.05, 0) is 39.8 Å². The number of aliphatic hydroxyl groups excluding tert-OH is 6. The van der Waals surface area contributed by atoms with Crippen LogP contribution in [0.1, 0.15) is 43.2 Å². The number of nitrogens with two attached hydrogens (primary N) is 3. The number of nitro groups is 1. The molecule has 556 valence electrons. The van der Waals surface area contributed by atoms with E-state index in [9.17, 15) is 59.3 Å². The predicted octanol–water partition coefficient (Wildman–Crippen LogP) is 6.21. The van der Waals surface area contributed by atoms with Crippen LogP contribution >= 0.6 is 80.1 Å². The number of rotatable bonds is 30. The van der Waals surface area contributed by atoms with Gasteiger partial charge in [0.15, 0.2) is 0 Å². The van der Waals surface area contributed by atoms with E-state index in [0.717, 1.165) is 16.7 Å². The number of aliphatic hydroxyl groups is 6. The van der Waals surface area contributed by atoms with Crippen LogP contribution in [0.15, 0.2) is 186 Å². The van der Waals surface area contributed by atoms with Gasteiger partial charge in [-0.15, -0.1) is 35.3 Å². The Hall–Kier alpha value is -5.64. The van der Waals surface area contributed by atoms with Gasteiger partial charge in [-0.3, -0.25) is 22.6 Å². The molecular weight excluding hydrogens is 1480 g/mol. The third-order valence-electron chi connectivity index (χ3n) is 15.3. The van der Waals surface area contributed by atoms with Crippen molar-refractivity contribution in [2.45, 2.75) is 120 Å². The van der Waals surface area contributed by atoms with Crippen LogP contribution in [0, 0.1) is 10.1 Å². The molecule has 1 aromatic heterocycles. The highest BCUT2D eigenvalue weighted by Crippen LogP contribution is 2.50. The average Bonchev–Trinajstić information content (AvgIpc) is 1.65. The summed E-state index contributed by atoms with van der Waals surface area (Å²) >= 11 is 3.71. The Kier molecular flexibility index (Phi) is 30.2. The third kappa shape index (κ3) is 23.7. The molecular formula is C62H86N15O17P3S5. The Morgan fingerprint density at radius 1 is 0.578 bits per heavy atom. The van der Waals surface area contributed by atoms with Crippen LogP contribution in [0.25, 0.3) is 0 Å². The molecule has 0 bridgehead atoms. The maximum Gasteiger partial charge on any atom is 0.434 e. The van der Waals surface area contributed by atoms with Crippen LogP contribution in [0.3, 0.4) is 0 Å². The fraction of sp³-hybridized carbons (Fsp3) is 0.419. The number of aromatic nitrogens is 2. The quantitative estimate of drug-likeness (QED) is 0.00906. The second kappa shape index (κ2) is 37.6. The molecule has 0 radical (unpaired) electrons. The van der Waals surface area contributed by atoms with Crippen LogP contribution in [-0.2, 0) is 69.6 Å². The van der Waals surface area contributed by atoms with Crippen LogP contribution < -0.4 is 32.5 Å². The minimum absolute atomic E-state index is 0.0855. The van der Waals surface area contributed by atoms with Crippen LogP contribution in [0.5, 0.6) is 0 Å². The van der Waals surface area contributed by atoms with E-state index in [-0.39, 0.29) is 62.7 Å². The number of amidine groups is 3. The van der Waals surface area contributed by atoms with E-state index in [1.54, 1.807) is 73.1 Å². The van der Waals surface area contributed by atoms with Crippen molar-refractivity contribution in [3.05, 3.63) is 204 Å². The zero-order valence-electron chi connectivity index (χ0n) is 56.0. The lowest BCUT2D eigenvalue weighted by Gasteiger charge is -2.30. The van der Waals surface area contributed by atoms with E-state index >= 15 is 0 Å². The molecule has 3 aromatic carbocycles. The molecule has 40 heteroatoms. The van der Waals surface area contributed by atoms with E-state index < -0.39 is 96.7 Å². The summed E-state index contributed by atoms with van der Waals surface area (Å²) in [6.07, 6.45) is 4.02. The first-order valence-corrected chi connectivity index (χ1v) is 41.2. The van der Waals surface area contributed by atoms with Gasteiger partial charge in [0.2, 0.25) is 0 Å². The van der Waals surface area contributed by atoms with E-state index in [2.05, 4.69) is 75.7 Å². The number of aliphatic imine (C=N–C) groups is 3. The molecule has 6 aliphatic heterocycles. The standard InChI is InChI=1S/C23H35N4O5PS3.C22H28N7O7PS.C17H23N4O5PS/c1-16-26-19(24)10-11-27(16)22-21(29)20(28)18(35-22)15-32-33(30,25-14-17-8-6-5-7-9-17)31-12-13-34-36-23(2,3)4;1-14-26-18(23)8-9-28(14)21-20(31)19(30)17(38-21)13-36-37(34,25-10-15-6-4-3-5-7-15)35-12-16-11-24-22(27(16)2)29(32)33;1-11-20-14(18)7-8-21(11)17-16(23)15(22)13(28-17)10-26-27(24,25)19-9-12-5-3-2-4-6-12/h5-11,18,20-22,28-29H,1,12-15H2,2-4H3,(H2,24,26)(H,25,30);3-9,11,17,19-21,30-31H,1,10,12-13H2,2H3,(H2,23,26)(H,25,34);2-8,13,15-17,22-23H,1,9-10H2,(H2,18,20)(H2,19,24,25)/t18-,20-,21+,22-,33?;17-,19-,20+,21-,37?;13-,15-,16+,17-/m111/s1. The first kappa shape index (κ1) is 82.0. The van der Waals surface area contributed by atoms with E-state index in [1.165, 1.54) is 53.1 Å². The van der Waals surface area contributed by atoms with E-state index in [0.29, 0.717) is 47.1 Å². The minimum atomic E-state index is -4.07. The molecule has 32 nitrogen and oxygen atoms in total. The fourth-order valence-corrected chi connectivity index (χ4v) is 20.3. The van der Waals surface area contributed by atoms with Crippen molar-refractivity contribution in [2.24, 2.45) is 39.2 Å². The summed E-state index contributed by atoms with van der Waals surface area (Å²) in [5, 5.41) is 79.1. The van der Waals surface area contributed by atoms with Gasteiger partial charge in [0.05, 0.1) is 67.5 Å². The average molecular weight is 1570 g/mol. The number of imidazole rings is 1. The predicted molar refractivity (Wildman–Crippen MR) is 400 cm³/mol. The number of nitrogens with one attached hydrogen (secondary N) is 3. The van der Waals surface area contributed by atoms with E-state index in [4.69, 9.17) is 39.8 Å². The molecule has 3 unspecified atom stereocenters. The lowest BCUT2D eigenvalue weighted by atomic mass is 10.1. The van der Waals surface area contributed by atoms with Crippen molar-refractivity contribution in [3.63, 3.8) is 0 Å². The summed E-state index contributed by atoms with van der Waals surface area (Å²) in [6, 6.07) is 27.8. The topological polar surface area (TPSA) is 461 Å². The highest BCUT2D eigenvalue weighted by atomic mass is 33.1. The maximum atomic E-state index is 13.7. The summed E-state index contributed by atoms with van der Waals surface area (Å²) in [5.74, 6) is 2.13. The molecule has 15 atom stereocenters. The molecule has 10 rings (SSSR count). The fourth-order valence-electron chi connectivity index (χ4n) is 9.92. The zero-order chi connectivity index (χ0) is 74.1. The Bertz CT molecular complexity index is 3870. The van der Waals surface area contributed by atoms with E-state index in [1.807, 2.05) is 91.0 Å². The Morgan fingerprint density at radius 3 is 1.29 bits per heavy atom. The van der Waals surface area contributed by atoms with Crippen molar-refractivity contribution in [1.82, 2.24) is 39.5 Å². The Morgan fingerprint density at radius 2 is 0.941 bits per heavy atom. The van der Waals surface area contributed by atoms with Crippen LogP contribution in [0.4, 0.5) is 5.95 Å². The summed E-state index contributed by atoms with van der Waals surface area (Å²) in [4.78, 5) is 41.3. The first-order chi connectivity index (χ1) is 48.3. The largest absolute Gasteiger partial charge is 0.434 e. The van der Waals surface area contributed by atoms with Crippen molar-refractivity contribution < 1.29 is 76.8 Å². The molecule has 0 spiro atoms. The second-order valence-corrected chi connectivity index (χ2v) is 36.6. The zero-order valence-corrected chi connectivity index (χ0v) is 62.7. The number of hydrogen-bond acceptors (Lipinski definition) is 31. The molecule has 3 saturated heterocycles. The summed E-state index contributed by atoms with van der Waals surface area (Å²) in [5.41, 5.74) is 19.9. The molecule has 0 aliphatic carbocycles. The summed E-state index contributed by atoms with van der Waals surface area (Å²) in [7, 11) is -6.95. The lowest BCUT2D eigenvalue weighted by molar-refractivity contribution is -0.396. The molecule has 7 heterocycles. The first-order valence-electron chi connectivity index (χ1n) is 31.4. The SMILES string of the molecule is C=C1N=C(N)C=CN1[C@@H]1S[C@H](COP(=O)(NCc2ccccc2)OCCSSC(C)(C)C)[C@@H](O)[C@@H]1O.C=C1N=C(N)C=CN1[C@@H]1S[C@H](COP(=O)(NCc2ccccc2)OCc2cnc([N+](=O)[O-])n2C)[C@@H](O)[C@@H]1O.C=C1N=C(N)C=CN1[C@@H]1S[C@H](COP(=O)(O)NCc2ccccc2)[C@@H](O)[C@@H]1O. The van der Waals surface area contributed by atoms with Gasteiger partial charge in [-0.1, -0.05) is 158 Å². The lowest BCUT2D eigenvalue weighted by Crippen LogP contribution is -2.41. The molecule has 0 amide bonds. The number of nitrogens with zero attached hydrogens (tertiary/aromatic N) is 9. The van der Waals surface area contributed by atoms with Crippen molar-refractivity contribution in [2.75, 3.05) is 32.2 Å². The number of hydrogen-bond donors (Lipinski definition) is 13. The van der Waals surface area contributed by atoms with Crippen molar-refractivity contribution in [3.8, 4) is 0 Å². The highest BCUT2D eigenvalue weighted by Gasteiger charge is 2.49. The Labute approximate surface area is 611 Å². The van der Waals surface area contributed by atoms with Gasteiger partial charge >= 0.3 is 29.2 Å². The molecule has 3 fully saturated rings. The van der Waals surface area contributed by atoms with Gasteiger partial charge in [0.25, 0.3) is 0 Å². The van der Waals surface area contributed by atoms with Gasteiger partial charge < -0.3 is 77.5 Å². The Balaban J connectivity index is 0.000000196. The molecule has 6 aliphatic rings. The van der Waals surface area contributed by atoms with Crippen LogP contribution in [-0.4, -0.2) is 188 Å².